The van der Waals surface area contributed by atoms with Crippen LogP contribution in [0.25, 0.3) is 11.1 Å². The van der Waals surface area contributed by atoms with Crippen molar-refractivity contribution in [2.24, 2.45) is 0 Å². The van der Waals surface area contributed by atoms with Gasteiger partial charge in [-0.1, -0.05) is 79.6 Å². The fourth-order valence-electron chi connectivity index (χ4n) is 4.68. The lowest BCUT2D eigenvalue weighted by molar-refractivity contribution is 0.683. The van der Waals surface area contributed by atoms with Gasteiger partial charge in [0.25, 0.3) is 0 Å². The molecule has 0 bridgehead atoms. The summed E-state index contributed by atoms with van der Waals surface area (Å²) >= 11 is 0. The fraction of sp³-hybridized carbons (Fsp3) is 0.333. The Hall–Kier alpha value is -2.34. The Morgan fingerprint density at radius 2 is 1.59 bits per heavy atom. The zero-order valence-electron chi connectivity index (χ0n) is 16.9. The van der Waals surface area contributed by atoms with Crippen molar-refractivity contribution in [1.82, 2.24) is 0 Å². The van der Waals surface area contributed by atoms with Crippen LogP contribution in [0.1, 0.15) is 59.1 Å². The van der Waals surface area contributed by atoms with E-state index in [1.165, 1.54) is 63.8 Å². The monoisotopic (exact) mass is 354 g/mol. The lowest BCUT2D eigenvalue weighted by Crippen LogP contribution is -2.07. The van der Waals surface area contributed by atoms with Gasteiger partial charge in [0.05, 0.1) is 0 Å². The van der Waals surface area contributed by atoms with Gasteiger partial charge in [-0.25, -0.2) is 0 Å². The molecule has 1 atom stereocenters. The van der Waals surface area contributed by atoms with Gasteiger partial charge in [0.2, 0.25) is 0 Å². The molecule has 0 N–H and O–H groups in total. The molecule has 0 amide bonds. The molecule has 3 aromatic rings. The van der Waals surface area contributed by atoms with Crippen LogP contribution in [0, 0.1) is 13.8 Å². The molecule has 138 valence electrons. The Labute approximate surface area is 164 Å². The summed E-state index contributed by atoms with van der Waals surface area (Å²) in [6.07, 6.45) is 5.98. The number of aryl methyl sites for hydroxylation is 3. The van der Waals surface area contributed by atoms with Gasteiger partial charge in [0, 0.05) is 0 Å². The van der Waals surface area contributed by atoms with Crippen LogP contribution in [0.2, 0.25) is 0 Å². The van der Waals surface area contributed by atoms with Gasteiger partial charge in [0.15, 0.2) is 0 Å². The van der Waals surface area contributed by atoms with Crippen molar-refractivity contribution in [1.29, 1.82) is 0 Å². The molecule has 1 unspecified atom stereocenters. The molecule has 27 heavy (non-hydrogen) atoms. The highest BCUT2D eigenvalue weighted by atomic mass is 14.3. The largest absolute Gasteiger partial charge is 0.0654 e. The highest BCUT2D eigenvalue weighted by molar-refractivity contribution is 5.72. The fourth-order valence-corrected chi connectivity index (χ4v) is 4.68. The molecule has 0 nitrogen and oxygen atoms in total. The van der Waals surface area contributed by atoms with Crippen molar-refractivity contribution < 1.29 is 0 Å². The first-order valence-corrected chi connectivity index (χ1v) is 10.4. The Kier molecular flexibility index (Phi) is 5.16. The average Bonchev–Trinajstić information content (AvgIpc) is 2.82. The van der Waals surface area contributed by atoms with Gasteiger partial charge >= 0.3 is 0 Å². The molecule has 4 rings (SSSR count). The van der Waals surface area contributed by atoms with Crippen LogP contribution in [0.5, 0.6) is 0 Å². The van der Waals surface area contributed by atoms with Gasteiger partial charge in [0.1, 0.15) is 0 Å². The predicted molar refractivity (Wildman–Crippen MR) is 117 cm³/mol. The average molecular weight is 355 g/mol. The third-order valence-corrected chi connectivity index (χ3v) is 6.09. The maximum Gasteiger partial charge on any atom is -0.00780 e. The molecule has 1 aliphatic carbocycles. The molecular weight excluding hydrogens is 324 g/mol. The molecule has 0 aliphatic heterocycles. The van der Waals surface area contributed by atoms with E-state index in [1.807, 2.05) is 0 Å². The molecule has 0 saturated carbocycles. The predicted octanol–water partition coefficient (Wildman–Crippen LogP) is 7.20. The molecule has 0 spiro atoms. The minimum atomic E-state index is 0.550. The van der Waals surface area contributed by atoms with Gasteiger partial charge in [-0.05, 0) is 84.4 Å². The van der Waals surface area contributed by atoms with E-state index in [0.29, 0.717) is 5.92 Å². The van der Waals surface area contributed by atoms with Crippen molar-refractivity contribution in [2.45, 2.75) is 58.8 Å². The summed E-state index contributed by atoms with van der Waals surface area (Å²) in [4.78, 5) is 0. The summed E-state index contributed by atoms with van der Waals surface area (Å²) in [5.74, 6) is 0.550. The number of hydrogen-bond donors (Lipinski definition) is 0. The molecular formula is C27H30. The van der Waals surface area contributed by atoms with Crippen molar-refractivity contribution in [3.8, 4) is 11.1 Å². The molecule has 0 fully saturated rings. The Balaban J connectivity index is 1.80. The van der Waals surface area contributed by atoms with Crippen LogP contribution >= 0.6 is 0 Å². The van der Waals surface area contributed by atoms with E-state index in [1.54, 1.807) is 0 Å². The summed E-state index contributed by atoms with van der Waals surface area (Å²) in [7, 11) is 0. The van der Waals surface area contributed by atoms with Crippen LogP contribution in [0.15, 0.2) is 60.7 Å². The van der Waals surface area contributed by atoms with Crippen LogP contribution in [0.3, 0.4) is 0 Å². The van der Waals surface area contributed by atoms with Gasteiger partial charge in [-0.15, -0.1) is 0 Å². The van der Waals surface area contributed by atoms with E-state index in [9.17, 15) is 0 Å². The molecule has 0 heteroatoms. The van der Waals surface area contributed by atoms with Gasteiger partial charge in [-0.2, -0.15) is 0 Å². The molecule has 0 radical (unpaired) electrons. The van der Waals surface area contributed by atoms with Crippen molar-refractivity contribution >= 4 is 0 Å². The molecule has 0 saturated heterocycles. The lowest BCUT2D eigenvalue weighted by Gasteiger charge is -2.19. The van der Waals surface area contributed by atoms with E-state index in [0.717, 1.165) is 12.8 Å². The van der Waals surface area contributed by atoms with E-state index < -0.39 is 0 Å². The van der Waals surface area contributed by atoms with Crippen molar-refractivity contribution in [2.75, 3.05) is 0 Å². The topological polar surface area (TPSA) is 0 Å². The minimum absolute atomic E-state index is 0.550. The maximum atomic E-state index is 2.49. The van der Waals surface area contributed by atoms with Gasteiger partial charge in [-0.3, -0.25) is 0 Å². The second-order valence-corrected chi connectivity index (χ2v) is 8.22. The second kappa shape index (κ2) is 7.72. The quantitative estimate of drug-likeness (QED) is 0.465. The zero-order chi connectivity index (χ0) is 18.8. The smallest absolute Gasteiger partial charge is 0.00780 e. The minimum Gasteiger partial charge on any atom is -0.0654 e. The SMILES string of the molecule is CCCCc1ccc2c(c1)CC(c1ccc(C)cc1C)Cc1ccccc1-2. The third-order valence-electron chi connectivity index (χ3n) is 6.09. The Morgan fingerprint density at radius 3 is 2.41 bits per heavy atom. The number of fused-ring (bicyclic) bond motifs is 3. The van der Waals surface area contributed by atoms with E-state index >= 15 is 0 Å². The van der Waals surface area contributed by atoms with Crippen LogP contribution in [-0.4, -0.2) is 0 Å². The van der Waals surface area contributed by atoms with E-state index in [4.69, 9.17) is 0 Å². The standard InChI is InChI=1S/C27H30/c1-4-5-8-21-12-14-27-23(16-21)18-24(17-22-9-6-7-10-26(22)27)25-13-11-19(2)15-20(25)3/h6-7,9-16,24H,4-5,8,17-18H2,1-3H3. The first-order chi connectivity index (χ1) is 13.2. The summed E-state index contributed by atoms with van der Waals surface area (Å²) in [6.45, 7) is 6.74. The second-order valence-electron chi connectivity index (χ2n) is 8.22. The molecule has 1 aliphatic rings. The van der Waals surface area contributed by atoms with Crippen LogP contribution < -0.4 is 0 Å². The van der Waals surface area contributed by atoms with Gasteiger partial charge < -0.3 is 0 Å². The lowest BCUT2D eigenvalue weighted by atomic mass is 9.85. The number of hydrogen-bond acceptors (Lipinski definition) is 0. The normalized spacial score (nSPS) is 15.7. The van der Waals surface area contributed by atoms with Crippen LogP contribution in [0.4, 0.5) is 0 Å². The first-order valence-electron chi connectivity index (χ1n) is 10.4. The summed E-state index contributed by atoms with van der Waals surface area (Å²) in [6, 6.07) is 23.2. The molecule has 0 aromatic heterocycles. The summed E-state index contributed by atoms with van der Waals surface area (Å²) in [5.41, 5.74) is 11.7. The number of benzene rings is 3. The van der Waals surface area contributed by atoms with E-state index in [-0.39, 0.29) is 0 Å². The Bertz CT molecular complexity index is 948. The van der Waals surface area contributed by atoms with Crippen molar-refractivity contribution in [3.05, 3.63) is 94.0 Å². The maximum absolute atomic E-state index is 2.49. The summed E-state index contributed by atoms with van der Waals surface area (Å²) in [5, 5.41) is 0. The third kappa shape index (κ3) is 3.72. The summed E-state index contributed by atoms with van der Waals surface area (Å²) < 4.78 is 0. The van der Waals surface area contributed by atoms with E-state index in [2.05, 4.69) is 81.4 Å². The van der Waals surface area contributed by atoms with Crippen LogP contribution in [-0.2, 0) is 19.3 Å². The van der Waals surface area contributed by atoms with Crippen molar-refractivity contribution in [3.63, 3.8) is 0 Å². The number of rotatable bonds is 4. The highest BCUT2D eigenvalue weighted by Crippen LogP contribution is 2.39. The zero-order valence-corrected chi connectivity index (χ0v) is 16.9. The highest BCUT2D eigenvalue weighted by Gasteiger charge is 2.23. The Morgan fingerprint density at radius 1 is 0.815 bits per heavy atom. The molecule has 3 aromatic carbocycles. The first kappa shape index (κ1) is 18.0. The number of unbranched alkanes of at least 4 members (excludes halogenated alkanes) is 1. The molecule has 0 heterocycles.